The van der Waals surface area contributed by atoms with Gasteiger partial charge in [0.25, 0.3) is 0 Å². The zero-order valence-electron chi connectivity index (χ0n) is 7.29. The Morgan fingerprint density at radius 3 is 3.08 bits per heavy atom. The molecule has 1 aliphatic rings. The van der Waals surface area contributed by atoms with E-state index in [0.29, 0.717) is 6.10 Å². The van der Waals surface area contributed by atoms with Crippen molar-refractivity contribution >= 4 is 24.4 Å². The fourth-order valence-corrected chi connectivity index (χ4v) is 2.45. The molecule has 1 saturated heterocycles. The number of ether oxygens (including phenoxy) is 1. The maximum absolute atomic E-state index is 5.50. The number of thioether (sulfide) groups is 1. The van der Waals surface area contributed by atoms with Crippen LogP contribution in [0, 0.1) is 0 Å². The second-order valence-electron chi connectivity index (χ2n) is 3.06. The van der Waals surface area contributed by atoms with Gasteiger partial charge in [-0.15, -0.1) is 0 Å². The molecule has 12 heavy (non-hydrogen) atoms. The predicted molar refractivity (Wildman–Crippen MR) is 59.3 cm³/mol. The van der Waals surface area contributed by atoms with Crippen molar-refractivity contribution in [1.29, 1.82) is 0 Å². The Morgan fingerprint density at radius 2 is 2.50 bits per heavy atom. The van der Waals surface area contributed by atoms with Crippen LogP contribution in [0.25, 0.3) is 0 Å². The number of thiol groups is 1. The third-order valence-corrected chi connectivity index (χ3v) is 3.52. The Labute approximate surface area is 84.4 Å². The normalized spacial score (nSPS) is 22.9. The van der Waals surface area contributed by atoms with E-state index in [1.165, 1.54) is 18.4 Å². The maximum atomic E-state index is 5.50. The van der Waals surface area contributed by atoms with Crippen molar-refractivity contribution in [2.24, 2.45) is 0 Å². The summed E-state index contributed by atoms with van der Waals surface area (Å²) in [6.45, 7) is 4.86. The summed E-state index contributed by atoms with van der Waals surface area (Å²) in [4.78, 5) is 0. The highest BCUT2D eigenvalue weighted by atomic mass is 32.2. The Balaban J connectivity index is 1.97. The summed E-state index contributed by atoms with van der Waals surface area (Å²) in [6, 6.07) is 0. The first-order valence-electron chi connectivity index (χ1n) is 4.30. The van der Waals surface area contributed by atoms with Gasteiger partial charge < -0.3 is 4.74 Å². The Bertz CT molecular complexity index is 141. The van der Waals surface area contributed by atoms with Gasteiger partial charge in [0.05, 0.1) is 6.10 Å². The van der Waals surface area contributed by atoms with Gasteiger partial charge in [0, 0.05) is 23.9 Å². The van der Waals surface area contributed by atoms with Crippen molar-refractivity contribution < 1.29 is 4.74 Å². The predicted octanol–water partition coefficient (Wildman–Crippen LogP) is 2.38. The lowest BCUT2D eigenvalue weighted by molar-refractivity contribution is 0.129. The van der Waals surface area contributed by atoms with Gasteiger partial charge in [-0.3, -0.25) is 0 Å². The molecule has 1 fully saturated rings. The van der Waals surface area contributed by atoms with Gasteiger partial charge in [-0.1, -0.05) is 12.2 Å². The average molecular weight is 204 g/mol. The zero-order chi connectivity index (χ0) is 8.81. The van der Waals surface area contributed by atoms with Crippen molar-refractivity contribution in [3.05, 3.63) is 12.2 Å². The third-order valence-electron chi connectivity index (χ3n) is 1.86. The van der Waals surface area contributed by atoms with E-state index in [-0.39, 0.29) is 0 Å². The van der Waals surface area contributed by atoms with Crippen LogP contribution >= 0.6 is 24.4 Å². The van der Waals surface area contributed by atoms with Crippen LogP contribution in [0.4, 0.5) is 0 Å². The van der Waals surface area contributed by atoms with E-state index in [0.717, 1.165) is 23.9 Å². The lowest BCUT2D eigenvalue weighted by Crippen LogP contribution is -2.08. The molecule has 0 N–H and O–H groups in total. The molecule has 0 aliphatic carbocycles. The first-order valence-corrected chi connectivity index (χ1v) is 6.08. The fraction of sp³-hybridized carbons (Fsp3) is 0.778. The smallest absolute Gasteiger partial charge is 0.0666 e. The molecule has 0 bridgehead atoms. The van der Waals surface area contributed by atoms with Crippen LogP contribution in [0.3, 0.4) is 0 Å². The van der Waals surface area contributed by atoms with E-state index in [4.69, 9.17) is 4.74 Å². The summed E-state index contributed by atoms with van der Waals surface area (Å²) < 4.78 is 5.50. The van der Waals surface area contributed by atoms with Crippen LogP contribution < -0.4 is 0 Å². The average Bonchev–Trinajstić information content (AvgIpc) is 2.57. The number of rotatable bonds is 5. The van der Waals surface area contributed by atoms with Crippen LogP contribution in [-0.4, -0.2) is 30.0 Å². The van der Waals surface area contributed by atoms with Crippen LogP contribution in [0.5, 0.6) is 0 Å². The monoisotopic (exact) mass is 204 g/mol. The van der Waals surface area contributed by atoms with Gasteiger partial charge in [-0.2, -0.15) is 24.4 Å². The minimum Gasteiger partial charge on any atom is -0.377 e. The molecule has 0 aromatic heterocycles. The van der Waals surface area contributed by atoms with E-state index >= 15 is 0 Å². The van der Waals surface area contributed by atoms with Crippen molar-refractivity contribution in [2.75, 3.05) is 23.9 Å². The molecular weight excluding hydrogens is 188 g/mol. The van der Waals surface area contributed by atoms with Crippen molar-refractivity contribution in [3.63, 3.8) is 0 Å². The summed E-state index contributed by atoms with van der Waals surface area (Å²) in [5.41, 5.74) is 1.21. The van der Waals surface area contributed by atoms with E-state index in [1.54, 1.807) is 0 Å². The molecular formula is C9H16OS2. The zero-order valence-corrected chi connectivity index (χ0v) is 9.00. The second-order valence-corrected chi connectivity index (χ2v) is 4.40. The molecule has 0 spiro atoms. The van der Waals surface area contributed by atoms with Crippen LogP contribution in [-0.2, 0) is 4.74 Å². The molecule has 3 heteroatoms. The molecule has 0 radical (unpaired) electrons. The summed E-state index contributed by atoms with van der Waals surface area (Å²) >= 11 is 6.06. The first kappa shape index (κ1) is 10.5. The summed E-state index contributed by atoms with van der Waals surface area (Å²) in [5, 5.41) is 0. The summed E-state index contributed by atoms with van der Waals surface area (Å²) in [5.74, 6) is 2.95. The molecule has 0 saturated carbocycles. The van der Waals surface area contributed by atoms with Gasteiger partial charge in [-0.05, 0) is 12.8 Å². The van der Waals surface area contributed by atoms with Crippen molar-refractivity contribution in [2.45, 2.75) is 18.9 Å². The number of hydrogen-bond donors (Lipinski definition) is 1. The lowest BCUT2D eigenvalue weighted by atomic mass is 10.3. The fourth-order valence-electron chi connectivity index (χ4n) is 1.16. The molecule has 1 unspecified atom stereocenters. The highest BCUT2D eigenvalue weighted by molar-refractivity contribution is 7.99. The first-order chi connectivity index (χ1) is 5.83. The molecule has 1 rings (SSSR count). The topological polar surface area (TPSA) is 9.23 Å². The Hall–Kier alpha value is 0.400. The largest absolute Gasteiger partial charge is 0.377 e. The quantitative estimate of drug-likeness (QED) is 0.544. The van der Waals surface area contributed by atoms with Gasteiger partial charge in [0.1, 0.15) is 0 Å². The van der Waals surface area contributed by atoms with Crippen LogP contribution in [0.2, 0.25) is 0 Å². The van der Waals surface area contributed by atoms with E-state index in [1.807, 2.05) is 11.8 Å². The van der Waals surface area contributed by atoms with Gasteiger partial charge in [0.15, 0.2) is 0 Å². The molecule has 1 atom stereocenters. The van der Waals surface area contributed by atoms with Gasteiger partial charge in [-0.25, -0.2) is 0 Å². The highest BCUT2D eigenvalue weighted by Crippen LogP contribution is 2.18. The van der Waals surface area contributed by atoms with E-state index in [9.17, 15) is 0 Å². The molecule has 0 aromatic carbocycles. The Kier molecular flexibility index (Phi) is 5.19. The third kappa shape index (κ3) is 3.87. The van der Waals surface area contributed by atoms with Gasteiger partial charge >= 0.3 is 0 Å². The Morgan fingerprint density at radius 1 is 1.67 bits per heavy atom. The molecule has 0 amide bonds. The van der Waals surface area contributed by atoms with Crippen LogP contribution in [0.15, 0.2) is 12.2 Å². The number of hydrogen-bond acceptors (Lipinski definition) is 3. The van der Waals surface area contributed by atoms with Crippen LogP contribution in [0.1, 0.15) is 12.8 Å². The molecule has 1 nitrogen and oxygen atoms in total. The van der Waals surface area contributed by atoms with Gasteiger partial charge in [0.2, 0.25) is 0 Å². The molecule has 0 aromatic rings. The van der Waals surface area contributed by atoms with E-state index in [2.05, 4.69) is 19.2 Å². The van der Waals surface area contributed by atoms with Crippen molar-refractivity contribution in [3.8, 4) is 0 Å². The van der Waals surface area contributed by atoms with E-state index < -0.39 is 0 Å². The van der Waals surface area contributed by atoms with Crippen molar-refractivity contribution in [1.82, 2.24) is 0 Å². The summed E-state index contributed by atoms with van der Waals surface area (Å²) in [7, 11) is 0. The standard InChI is InChI=1S/C9H16OS2/c1-8(5-11)6-12-7-9-3-2-4-10-9/h9,11H,1-7H2. The summed E-state index contributed by atoms with van der Waals surface area (Å²) in [6.07, 6.45) is 2.97. The molecule has 70 valence electrons. The highest BCUT2D eigenvalue weighted by Gasteiger charge is 2.14. The minimum absolute atomic E-state index is 0.503. The minimum atomic E-state index is 0.503. The SMILES string of the molecule is C=C(CS)CSCC1CCCO1. The lowest BCUT2D eigenvalue weighted by Gasteiger charge is -2.08. The maximum Gasteiger partial charge on any atom is 0.0666 e. The molecule has 1 heterocycles. The molecule has 1 aliphatic heterocycles. The second kappa shape index (κ2) is 5.95.